The second-order valence-corrected chi connectivity index (χ2v) is 9.34. The first-order chi connectivity index (χ1) is 15.6. The number of amides is 1. The van der Waals surface area contributed by atoms with Crippen molar-refractivity contribution in [3.8, 4) is 0 Å². The van der Waals surface area contributed by atoms with Gasteiger partial charge in [0.2, 0.25) is 10.0 Å². The maximum Gasteiger partial charge on any atom is 0.416 e. The highest BCUT2D eigenvalue weighted by Crippen LogP contribution is 2.36. The van der Waals surface area contributed by atoms with Gasteiger partial charge in [-0.2, -0.15) is 17.5 Å². The Hall–Kier alpha value is -2.63. The Bertz CT molecular complexity index is 1100. The predicted molar refractivity (Wildman–Crippen MR) is 119 cm³/mol. The van der Waals surface area contributed by atoms with Crippen molar-refractivity contribution in [3.63, 3.8) is 0 Å². The van der Waals surface area contributed by atoms with E-state index in [1.807, 2.05) is 4.90 Å². The zero-order valence-electron chi connectivity index (χ0n) is 18.4. The molecular weight excluding hydrogens is 459 g/mol. The zero-order chi connectivity index (χ0) is 24.2. The summed E-state index contributed by atoms with van der Waals surface area (Å²) in [6.45, 7) is 5.71. The Morgan fingerprint density at radius 1 is 1.09 bits per heavy atom. The highest BCUT2D eigenvalue weighted by atomic mass is 32.2. The summed E-state index contributed by atoms with van der Waals surface area (Å²) in [5.41, 5.74) is -0.443. The number of anilines is 2. The molecule has 33 heavy (non-hydrogen) atoms. The van der Waals surface area contributed by atoms with Crippen LogP contribution in [0.2, 0.25) is 0 Å². The molecule has 180 valence electrons. The molecule has 11 heteroatoms. The van der Waals surface area contributed by atoms with E-state index in [4.69, 9.17) is 4.74 Å². The molecule has 1 fully saturated rings. The number of sulfonamides is 1. The third-order valence-electron chi connectivity index (χ3n) is 5.36. The molecule has 0 spiro atoms. The summed E-state index contributed by atoms with van der Waals surface area (Å²) >= 11 is 0. The van der Waals surface area contributed by atoms with E-state index in [0.717, 1.165) is 12.1 Å². The van der Waals surface area contributed by atoms with Crippen molar-refractivity contribution < 1.29 is 31.1 Å². The van der Waals surface area contributed by atoms with Gasteiger partial charge in [0.1, 0.15) is 0 Å². The normalized spacial score (nSPS) is 15.0. The summed E-state index contributed by atoms with van der Waals surface area (Å²) in [5.74, 6) is -0.708. The number of hydrogen-bond acceptors (Lipinski definition) is 5. The van der Waals surface area contributed by atoms with E-state index in [1.54, 1.807) is 13.8 Å². The first-order valence-electron chi connectivity index (χ1n) is 10.5. The van der Waals surface area contributed by atoms with Crippen molar-refractivity contribution in [1.29, 1.82) is 0 Å². The minimum atomic E-state index is -4.58. The molecule has 2 aromatic rings. The Kier molecular flexibility index (Phi) is 7.65. The number of morpholine rings is 1. The number of nitrogens with one attached hydrogen (secondary N) is 1. The Balaban J connectivity index is 1.95. The van der Waals surface area contributed by atoms with Gasteiger partial charge in [-0.25, -0.2) is 8.42 Å². The van der Waals surface area contributed by atoms with Crippen molar-refractivity contribution in [2.45, 2.75) is 24.9 Å². The van der Waals surface area contributed by atoms with Gasteiger partial charge in [-0.1, -0.05) is 19.9 Å². The lowest BCUT2D eigenvalue weighted by Gasteiger charge is -2.31. The Labute approximate surface area is 191 Å². The van der Waals surface area contributed by atoms with E-state index < -0.39 is 27.7 Å². The first kappa shape index (κ1) is 25.0. The van der Waals surface area contributed by atoms with Crippen LogP contribution in [0.5, 0.6) is 0 Å². The molecule has 2 aromatic carbocycles. The van der Waals surface area contributed by atoms with Crippen LogP contribution in [0.4, 0.5) is 24.5 Å². The Morgan fingerprint density at radius 2 is 1.76 bits per heavy atom. The van der Waals surface area contributed by atoms with E-state index in [-0.39, 0.29) is 29.2 Å². The molecule has 1 amide bonds. The molecule has 7 nitrogen and oxygen atoms in total. The van der Waals surface area contributed by atoms with E-state index in [0.29, 0.717) is 32.0 Å². The maximum absolute atomic E-state index is 13.3. The fourth-order valence-electron chi connectivity index (χ4n) is 3.60. The van der Waals surface area contributed by atoms with Gasteiger partial charge in [-0.15, -0.1) is 0 Å². The number of halogens is 3. The van der Waals surface area contributed by atoms with Gasteiger partial charge in [-0.3, -0.25) is 4.79 Å². The lowest BCUT2D eigenvalue weighted by atomic mass is 10.1. The fraction of sp³-hybridized carbons (Fsp3) is 0.409. The number of rotatable bonds is 7. The minimum Gasteiger partial charge on any atom is -0.378 e. The third-order valence-corrected chi connectivity index (χ3v) is 7.41. The molecule has 1 N–H and O–H groups in total. The molecule has 0 aromatic heterocycles. The van der Waals surface area contributed by atoms with Crippen molar-refractivity contribution in [2.24, 2.45) is 0 Å². The second-order valence-electron chi connectivity index (χ2n) is 7.40. The van der Waals surface area contributed by atoms with E-state index in [1.165, 1.54) is 34.6 Å². The smallest absolute Gasteiger partial charge is 0.378 e. The van der Waals surface area contributed by atoms with Crippen LogP contribution in [0.25, 0.3) is 0 Å². The molecule has 0 unspecified atom stereocenters. The van der Waals surface area contributed by atoms with E-state index in [9.17, 15) is 26.4 Å². The highest BCUT2D eigenvalue weighted by molar-refractivity contribution is 7.89. The number of carbonyl (C=O) groups excluding carboxylic acids is 1. The van der Waals surface area contributed by atoms with Crippen LogP contribution < -0.4 is 10.2 Å². The average Bonchev–Trinajstić information content (AvgIpc) is 2.79. The first-order valence-corrected chi connectivity index (χ1v) is 12.0. The van der Waals surface area contributed by atoms with Crippen LogP contribution in [0.1, 0.15) is 29.8 Å². The lowest BCUT2D eigenvalue weighted by molar-refractivity contribution is -0.137. The van der Waals surface area contributed by atoms with Gasteiger partial charge in [-0.05, 0) is 36.4 Å². The predicted octanol–water partition coefficient (Wildman–Crippen LogP) is 3.82. The lowest BCUT2D eigenvalue weighted by Crippen LogP contribution is -2.36. The number of benzene rings is 2. The van der Waals surface area contributed by atoms with Gasteiger partial charge in [0.25, 0.3) is 5.91 Å². The van der Waals surface area contributed by atoms with Crippen LogP contribution in [-0.4, -0.2) is 58.0 Å². The van der Waals surface area contributed by atoms with E-state index in [2.05, 4.69) is 5.32 Å². The van der Waals surface area contributed by atoms with Gasteiger partial charge >= 0.3 is 6.18 Å². The minimum absolute atomic E-state index is 0.00581. The van der Waals surface area contributed by atoms with Crippen LogP contribution in [0.15, 0.2) is 47.4 Å². The number of nitrogens with zero attached hydrogens (tertiary/aromatic N) is 2. The molecular formula is C22H26F3N3O4S. The molecule has 0 aliphatic carbocycles. The van der Waals surface area contributed by atoms with Gasteiger partial charge in [0.05, 0.1) is 35.0 Å². The van der Waals surface area contributed by atoms with Gasteiger partial charge in [0.15, 0.2) is 0 Å². The summed E-state index contributed by atoms with van der Waals surface area (Å²) in [5, 5.41) is 2.54. The van der Waals surface area contributed by atoms with Crippen molar-refractivity contribution >= 4 is 27.3 Å². The van der Waals surface area contributed by atoms with Crippen LogP contribution >= 0.6 is 0 Å². The number of hydrogen-bond donors (Lipinski definition) is 1. The standard InChI is InChI=1S/C22H26F3N3O4S/c1-3-28(4-2)33(30,31)18-7-5-6-16(14-18)21(29)26-19-15-17(22(23,24)25)8-9-20(19)27-10-12-32-13-11-27/h5-9,14-15H,3-4,10-13H2,1-2H3,(H,26,29). The van der Waals surface area contributed by atoms with Crippen LogP contribution in [-0.2, 0) is 20.9 Å². The zero-order valence-corrected chi connectivity index (χ0v) is 19.2. The molecule has 1 saturated heterocycles. The summed E-state index contributed by atoms with van der Waals surface area (Å²) in [6, 6.07) is 8.64. The van der Waals surface area contributed by atoms with Crippen molar-refractivity contribution in [3.05, 3.63) is 53.6 Å². The molecule has 0 saturated carbocycles. The average molecular weight is 486 g/mol. The third kappa shape index (κ3) is 5.66. The molecule has 1 aliphatic rings. The molecule has 1 heterocycles. The molecule has 3 rings (SSSR count). The monoisotopic (exact) mass is 485 g/mol. The summed E-state index contributed by atoms with van der Waals surface area (Å²) in [7, 11) is -3.80. The van der Waals surface area contributed by atoms with E-state index >= 15 is 0 Å². The fourth-order valence-corrected chi connectivity index (χ4v) is 5.10. The molecule has 0 radical (unpaired) electrons. The van der Waals surface area contributed by atoms with Gasteiger partial charge < -0.3 is 15.0 Å². The highest BCUT2D eigenvalue weighted by Gasteiger charge is 2.32. The second kappa shape index (κ2) is 10.1. The Morgan fingerprint density at radius 3 is 2.36 bits per heavy atom. The SMILES string of the molecule is CCN(CC)S(=O)(=O)c1cccc(C(=O)Nc2cc(C(F)(F)F)ccc2N2CCOCC2)c1. The summed E-state index contributed by atoms with van der Waals surface area (Å²) < 4.78 is 72.1. The molecule has 1 aliphatic heterocycles. The molecule has 0 bridgehead atoms. The van der Waals surface area contributed by atoms with Crippen LogP contribution in [0.3, 0.4) is 0 Å². The summed E-state index contributed by atoms with van der Waals surface area (Å²) in [6.07, 6.45) is -4.58. The molecule has 0 atom stereocenters. The van der Waals surface area contributed by atoms with Crippen molar-refractivity contribution in [2.75, 3.05) is 49.6 Å². The van der Waals surface area contributed by atoms with Crippen LogP contribution in [0, 0.1) is 0 Å². The number of carbonyl (C=O) groups is 1. The largest absolute Gasteiger partial charge is 0.416 e. The maximum atomic E-state index is 13.3. The number of ether oxygens (including phenoxy) is 1. The quantitative estimate of drug-likeness (QED) is 0.645. The van der Waals surface area contributed by atoms with Gasteiger partial charge in [0, 0.05) is 31.7 Å². The summed E-state index contributed by atoms with van der Waals surface area (Å²) in [4.78, 5) is 14.7. The topological polar surface area (TPSA) is 79.0 Å². The number of alkyl halides is 3. The van der Waals surface area contributed by atoms with Crippen molar-refractivity contribution in [1.82, 2.24) is 4.31 Å².